The summed E-state index contributed by atoms with van der Waals surface area (Å²) in [5.74, 6) is -0.352. The SMILES string of the molecule is CCCCCCCCc1ccc(N(c2ccc(CCCCCCCC)cc2)C2(c3c(C)n(CC)c4ccccc34)OC(=O)c3cccnc32)cc1. The van der Waals surface area contributed by atoms with Crippen molar-refractivity contribution in [3.63, 3.8) is 0 Å². The number of nitrogens with zero attached hydrogens (tertiary/aromatic N) is 3. The van der Waals surface area contributed by atoms with Gasteiger partial charge in [0.2, 0.25) is 0 Å². The number of carbonyl (C=O) groups is 1. The highest BCUT2D eigenvalue weighted by Gasteiger charge is 2.56. The predicted molar refractivity (Wildman–Crippen MR) is 212 cm³/mol. The summed E-state index contributed by atoms with van der Waals surface area (Å²) in [4.78, 5) is 21.2. The Morgan fingerprint density at radius 2 is 1.22 bits per heavy atom. The molecule has 5 heteroatoms. The van der Waals surface area contributed by atoms with Crippen molar-refractivity contribution in [2.45, 2.75) is 130 Å². The second-order valence-electron chi connectivity index (χ2n) is 14.4. The molecule has 0 saturated heterocycles. The van der Waals surface area contributed by atoms with Crippen molar-refractivity contribution in [2.75, 3.05) is 4.90 Å². The highest BCUT2D eigenvalue weighted by molar-refractivity contribution is 5.98. The molecule has 5 aromatic rings. The fourth-order valence-corrected chi connectivity index (χ4v) is 8.13. The Kier molecular flexibility index (Phi) is 12.3. The summed E-state index contributed by atoms with van der Waals surface area (Å²) in [6, 6.07) is 30.0. The molecule has 268 valence electrons. The Morgan fingerprint density at radius 3 is 1.78 bits per heavy atom. The maximum absolute atomic E-state index is 14.0. The highest BCUT2D eigenvalue weighted by Crippen LogP contribution is 2.52. The summed E-state index contributed by atoms with van der Waals surface area (Å²) in [6.45, 7) is 9.66. The van der Waals surface area contributed by atoms with E-state index in [0.29, 0.717) is 11.3 Å². The standard InChI is InChI=1S/C46H57N3O2/c1-5-8-10-12-14-16-21-36-26-30-38(31-27-36)49(39-32-28-37(29-33-39)22-17-15-13-11-9-6-2)46(44-41(45(50)51-46)24-20-34-47-44)43-35(4)48(7-3)42-25-19-18-23-40(42)43/h18-20,23-34H,5-17,21-22H2,1-4H3. The van der Waals surface area contributed by atoms with Crippen LogP contribution in [-0.2, 0) is 29.8 Å². The monoisotopic (exact) mass is 683 g/mol. The molecule has 2 aromatic heterocycles. The molecule has 3 heterocycles. The fourth-order valence-electron chi connectivity index (χ4n) is 8.13. The van der Waals surface area contributed by atoms with Crippen molar-refractivity contribution in [1.29, 1.82) is 0 Å². The van der Waals surface area contributed by atoms with Crippen LogP contribution in [0.2, 0.25) is 0 Å². The molecule has 1 unspecified atom stereocenters. The van der Waals surface area contributed by atoms with Crippen LogP contribution in [0.1, 0.15) is 136 Å². The summed E-state index contributed by atoms with van der Waals surface area (Å²) in [7, 11) is 0. The van der Waals surface area contributed by atoms with Gasteiger partial charge in [-0.25, -0.2) is 4.79 Å². The molecule has 5 nitrogen and oxygen atoms in total. The van der Waals surface area contributed by atoms with Gasteiger partial charge in [0.05, 0.1) is 11.1 Å². The number of fused-ring (bicyclic) bond motifs is 2. The third-order valence-electron chi connectivity index (χ3n) is 10.8. The smallest absolute Gasteiger partial charge is 0.342 e. The van der Waals surface area contributed by atoms with Gasteiger partial charge in [-0.05, 0) is 93.1 Å². The number of esters is 1. The first kappa shape index (κ1) is 36.4. The highest BCUT2D eigenvalue weighted by atomic mass is 16.6. The topological polar surface area (TPSA) is 47.4 Å². The van der Waals surface area contributed by atoms with E-state index in [4.69, 9.17) is 9.72 Å². The minimum Gasteiger partial charge on any atom is -0.424 e. The van der Waals surface area contributed by atoms with Gasteiger partial charge in [0.15, 0.2) is 0 Å². The van der Waals surface area contributed by atoms with Gasteiger partial charge in [-0.15, -0.1) is 0 Å². The summed E-state index contributed by atoms with van der Waals surface area (Å²) in [5.41, 5.74) is 7.55. The second-order valence-corrected chi connectivity index (χ2v) is 14.4. The van der Waals surface area contributed by atoms with E-state index in [1.807, 2.05) is 12.1 Å². The number of anilines is 2. The van der Waals surface area contributed by atoms with Gasteiger partial charge in [-0.1, -0.05) is 121 Å². The van der Waals surface area contributed by atoms with Crippen LogP contribution in [0.5, 0.6) is 0 Å². The number of benzene rings is 3. The van der Waals surface area contributed by atoms with Gasteiger partial charge >= 0.3 is 5.97 Å². The number of unbranched alkanes of at least 4 members (excludes halogenated alkanes) is 10. The Hall–Kier alpha value is -4.38. The van der Waals surface area contributed by atoms with Crippen LogP contribution in [0.4, 0.5) is 11.4 Å². The Labute approximate surface area is 306 Å². The number of rotatable bonds is 19. The predicted octanol–water partition coefficient (Wildman–Crippen LogP) is 12.4. The van der Waals surface area contributed by atoms with Crippen LogP contribution < -0.4 is 4.90 Å². The normalized spacial score (nSPS) is 15.3. The van der Waals surface area contributed by atoms with E-state index >= 15 is 0 Å². The molecule has 0 aliphatic carbocycles. The molecule has 3 aromatic carbocycles. The molecule has 0 radical (unpaired) electrons. The number of hydrogen-bond donors (Lipinski definition) is 0. The van der Waals surface area contributed by atoms with Crippen molar-refractivity contribution in [2.24, 2.45) is 0 Å². The largest absolute Gasteiger partial charge is 0.424 e. The number of aryl methyl sites for hydroxylation is 3. The average Bonchev–Trinajstić information content (AvgIpc) is 3.62. The van der Waals surface area contributed by atoms with E-state index in [9.17, 15) is 4.79 Å². The summed E-state index contributed by atoms with van der Waals surface area (Å²) in [6.07, 6.45) is 19.3. The van der Waals surface area contributed by atoms with Crippen molar-refractivity contribution >= 4 is 28.2 Å². The number of aromatic nitrogens is 2. The lowest BCUT2D eigenvalue weighted by atomic mass is 9.91. The van der Waals surface area contributed by atoms with Gasteiger partial charge in [0.1, 0.15) is 5.69 Å². The van der Waals surface area contributed by atoms with E-state index in [0.717, 1.165) is 52.9 Å². The van der Waals surface area contributed by atoms with E-state index < -0.39 is 5.72 Å². The van der Waals surface area contributed by atoms with Crippen LogP contribution in [-0.4, -0.2) is 15.5 Å². The quantitative estimate of drug-likeness (QED) is 0.0642. The first-order valence-corrected chi connectivity index (χ1v) is 19.8. The summed E-state index contributed by atoms with van der Waals surface area (Å²) >= 11 is 0. The lowest BCUT2D eigenvalue weighted by Gasteiger charge is -2.41. The van der Waals surface area contributed by atoms with Crippen molar-refractivity contribution in [3.8, 4) is 0 Å². The summed E-state index contributed by atoms with van der Waals surface area (Å²) in [5, 5.41) is 1.06. The lowest BCUT2D eigenvalue weighted by Crippen LogP contribution is -2.46. The zero-order chi connectivity index (χ0) is 35.6. The summed E-state index contributed by atoms with van der Waals surface area (Å²) < 4.78 is 9.14. The third kappa shape index (κ3) is 7.64. The second kappa shape index (κ2) is 17.2. The zero-order valence-corrected chi connectivity index (χ0v) is 31.4. The van der Waals surface area contributed by atoms with Crippen LogP contribution in [0.3, 0.4) is 0 Å². The van der Waals surface area contributed by atoms with Crippen molar-refractivity contribution in [3.05, 3.63) is 125 Å². The van der Waals surface area contributed by atoms with Gasteiger partial charge in [0.25, 0.3) is 5.72 Å². The lowest BCUT2D eigenvalue weighted by molar-refractivity contribution is 0.0125. The molecule has 1 atom stereocenters. The van der Waals surface area contributed by atoms with E-state index in [1.54, 1.807) is 6.20 Å². The number of para-hydroxylation sites is 1. The minimum absolute atomic E-state index is 0.352. The van der Waals surface area contributed by atoms with Gasteiger partial charge in [-0.3, -0.25) is 9.88 Å². The Bertz CT molecular complexity index is 1810. The molecule has 51 heavy (non-hydrogen) atoms. The Balaban J connectivity index is 1.45. The van der Waals surface area contributed by atoms with Gasteiger partial charge < -0.3 is 9.30 Å². The molecule has 1 aliphatic rings. The number of pyridine rings is 1. The van der Waals surface area contributed by atoms with E-state index in [2.05, 4.69) is 110 Å². The van der Waals surface area contributed by atoms with E-state index in [-0.39, 0.29) is 5.97 Å². The molecular weight excluding hydrogens is 627 g/mol. The number of hydrogen-bond acceptors (Lipinski definition) is 4. The van der Waals surface area contributed by atoms with Gasteiger partial charge in [-0.2, -0.15) is 0 Å². The molecule has 0 saturated carbocycles. The number of cyclic esters (lactones) is 1. The van der Waals surface area contributed by atoms with Crippen LogP contribution in [0.15, 0.2) is 91.1 Å². The van der Waals surface area contributed by atoms with Crippen LogP contribution in [0.25, 0.3) is 10.9 Å². The van der Waals surface area contributed by atoms with Crippen molar-refractivity contribution < 1.29 is 9.53 Å². The average molecular weight is 684 g/mol. The van der Waals surface area contributed by atoms with Gasteiger partial charge in [0, 0.05) is 40.7 Å². The maximum atomic E-state index is 14.0. The van der Waals surface area contributed by atoms with Crippen molar-refractivity contribution in [1.82, 2.24) is 9.55 Å². The molecule has 0 spiro atoms. The molecule has 1 aliphatic heterocycles. The molecule has 6 rings (SSSR count). The maximum Gasteiger partial charge on any atom is 0.342 e. The third-order valence-corrected chi connectivity index (χ3v) is 10.8. The van der Waals surface area contributed by atoms with Crippen LogP contribution in [0, 0.1) is 6.92 Å². The van der Waals surface area contributed by atoms with E-state index in [1.165, 1.54) is 88.2 Å². The fraction of sp³-hybridized carbons (Fsp3) is 0.435. The Morgan fingerprint density at radius 1 is 0.667 bits per heavy atom. The zero-order valence-electron chi connectivity index (χ0n) is 31.4. The first-order valence-electron chi connectivity index (χ1n) is 19.8. The van der Waals surface area contributed by atoms with Crippen LogP contribution >= 0.6 is 0 Å². The number of carbonyl (C=O) groups excluding carboxylic acids is 1. The molecule has 0 bridgehead atoms. The molecular formula is C46H57N3O2. The molecule has 0 N–H and O–H groups in total. The first-order chi connectivity index (χ1) is 25.0. The number of ether oxygens (including phenoxy) is 1. The molecule has 0 fully saturated rings. The minimum atomic E-state index is -1.32. The molecule has 0 amide bonds.